The first-order valence-corrected chi connectivity index (χ1v) is 8.40. The van der Waals surface area contributed by atoms with Gasteiger partial charge in [-0.2, -0.15) is 0 Å². The molecule has 1 aliphatic rings. The van der Waals surface area contributed by atoms with Crippen LogP contribution in [0.5, 0.6) is 0 Å². The number of nitrogens with zero attached hydrogens (tertiary/aromatic N) is 1. The first-order valence-electron chi connectivity index (χ1n) is 8.40. The minimum absolute atomic E-state index is 0.448. The van der Waals surface area contributed by atoms with Gasteiger partial charge in [0.2, 0.25) is 0 Å². The molecular weight excluding hydrogens is 244 g/mol. The molecule has 1 aromatic rings. The second-order valence-corrected chi connectivity index (χ2v) is 6.39. The highest BCUT2D eigenvalue weighted by molar-refractivity contribution is 5.18. The van der Waals surface area contributed by atoms with Crippen molar-refractivity contribution in [1.29, 1.82) is 0 Å². The number of hydrogen-bond donors (Lipinski definition) is 1. The lowest BCUT2D eigenvalue weighted by Crippen LogP contribution is -2.32. The van der Waals surface area contributed by atoms with Crippen LogP contribution in [0.15, 0.2) is 18.3 Å². The van der Waals surface area contributed by atoms with Gasteiger partial charge in [-0.15, -0.1) is 0 Å². The van der Waals surface area contributed by atoms with Gasteiger partial charge in [0.15, 0.2) is 0 Å². The van der Waals surface area contributed by atoms with Crippen molar-refractivity contribution in [1.82, 2.24) is 10.3 Å². The fourth-order valence-electron chi connectivity index (χ4n) is 3.55. The molecule has 20 heavy (non-hydrogen) atoms. The van der Waals surface area contributed by atoms with Gasteiger partial charge in [-0.25, -0.2) is 0 Å². The van der Waals surface area contributed by atoms with Crippen LogP contribution in [0.1, 0.15) is 69.7 Å². The van der Waals surface area contributed by atoms with Crippen molar-refractivity contribution in [2.24, 2.45) is 11.8 Å². The van der Waals surface area contributed by atoms with Crippen molar-refractivity contribution in [3.63, 3.8) is 0 Å². The molecule has 0 aliphatic heterocycles. The van der Waals surface area contributed by atoms with Crippen molar-refractivity contribution >= 4 is 0 Å². The predicted molar refractivity (Wildman–Crippen MR) is 85.7 cm³/mol. The van der Waals surface area contributed by atoms with Gasteiger partial charge in [0.25, 0.3) is 0 Å². The lowest BCUT2D eigenvalue weighted by molar-refractivity contribution is 0.207. The van der Waals surface area contributed by atoms with E-state index in [0.29, 0.717) is 6.04 Å². The Labute approximate surface area is 124 Å². The third-order valence-electron chi connectivity index (χ3n) is 4.74. The van der Waals surface area contributed by atoms with Crippen LogP contribution >= 0.6 is 0 Å². The monoisotopic (exact) mass is 274 g/mol. The predicted octanol–water partition coefficient (Wildman–Crippen LogP) is 4.65. The molecule has 0 amide bonds. The zero-order valence-electron chi connectivity index (χ0n) is 13.4. The van der Waals surface area contributed by atoms with Gasteiger partial charge in [0, 0.05) is 6.20 Å². The number of hydrogen-bond acceptors (Lipinski definition) is 2. The second-order valence-electron chi connectivity index (χ2n) is 6.39. The van der Waals surface area contributed by atoms with Gasteiger partial charge in [-0.3, -0.25) is 4.98 Å². The van der Waals surface area contributed by atoms with Crippen LogP contribution in [0.25, 0.3) is 0 Å². The molecule has 2 nitrogen and oxygen atoms in total. The highest BCUT2D eigenvalue weighted by Gasteiger charge is 2.29. The Morgan fingerprint density at radius 1 is 1.35 bits per heavy atom. The zero-order valence-corrected chi connectivity index (χ0v) is 13.4. The maximum absolute atomic E-state index is 4.66. The summed E-state index contributed by atoms with van der Waals surface area (Å²) in [4.78, 5) is 4.66. The van der Waals surface area contributed by atoms with Gasteiger partial charge in [-0.05, 0) is 62.3 Å². The summed E-state index contributed by atoms with van der Waals surface area (Å²) in [7, 11) is 0. The number of pyridine rings is 1. The fraction of sp³-hybridized carbons (Fsp3) is 0.722. The van der Waals surface area contributed by atoms with E-state index in [0.717, 1.165) is 18.4 Å². The van der Waals surface area contributed by atoms with Crippen molar-refractivity contribution in [2.45, 2.75) is 65.3 Å². The maximum atomic E-state index is 4.66. The van der Waals surface area contributed by atoms with E-state index in [4.69, 9.17) is 0 Å². The molecule has 0 spiro atoms. The van der Waals surface area contributed by atoms with Crippen LogP contribution in [0.2, 0.25) is 0 Å². The minimum Gasteiger partial charge on any atom is -0.308 e. The summed E-state index contributed by atoms with van der Waals surface area (Å²) in [6.45, 7) is 7.83. The Balaban J connectivity index is 2.14. The van der Waals surface area contributed by atoms with E-state index in [-0.39, 0.29) is 0 Å². The highest BCUT2D eigenvalue weighted by atomic mass is 14.9. The Hall–Kier alpha value is -0.890. The molecular formula is C18H30N2. The summed E-state index contributed by atoms with van der Waals surface area (Å²) < 4.78 is 0. The molecule has 2 rings (SSSR count). The Morgan fingerprint density at radius 2 is 2.20 bits per heavy atom. The smallest absolute Gasteiger partial charge is 0.0578 e. The van der Waals surface area contributed by atoms with E-state index in [1.165, 1.54) is 49.8 Å². The lowest BCUT2D eigenvalue weighted by atomic mass is 9.76. The SMILES string of the molecule is CCCNC(c1cc(C)ccn1)C1CCCC(CC)C1. The van der Waals surface area contributed by atoms with Crippen LogP contribution in [0.4, 0.5) is 0 Å². The zero-order chi connectivity index (χ0) is 14.4. The van der Waals surface area contributed by atoms with Crippen LogP contribution < -0.4 is 5.32 Å². The normalized spacial score (nSPS) is 24.6. The first-order chi connectivity index (χ1) is 9.74. The molecule has 2 heteroatoms. The van der Waals surface area contributed by atoms with Gasteiger partial charge in [-0.1, -0.05) is 33.1 Å². The molecule has 3 atom stereocenters. The molecule has 0 saturated heterocycles. The number of aryl methyl sites for hydroxylation is 1. The third kappa shape index (κ3) is 4.05. The van der Waals surface area contributed by atoms with Gasteiger partial charge in [0.1, 0.15) is 0 Å². The van der Waals surface area contributed by atoms with Crippen LogP contribution in [-0.2, 0) is 0 Å². The van der Waals surface area contributed by atoms with E-state index in [2.05, 4.69) is 43.2 Å². The molecule has 0 bridgehead atoms. The molecule has 3 unspecified atom stereocenters. The van der Waals surface area contributed by atoms with E-state index >= 15 is 0 Å². The molecule has 1 saturated carbocycles. The highest BCUT2D eigenvalue weighted by Crippen LogP contribution is 2.38. The summed E-state index contributed by atoms with van der Waals surface area (Å²) in [6, 6.07) is 4.81. The summed E-state index contributed by atoms with van der Waals surface area (Å²) in [6.07, 6.45) is 10.0. The summed E-state index contributed by atoms with van der Waals surface area (Å²) in [5, 5.41) is 3.76. The molecule has 1 fully saturated rings. The van der Waals surface area contributed by atoms with Crippen LogP contribution in [0, 0.1) is 18.8 Å². The van der Waals surface area contributed by atoms with Crippen molar-refractivity contribution in [3.8, 4) is 0 Å². The van der Waals surface area contributed by atoms with Crippen LogP contribution in [-0.4, -0.2) is 11.5 Å². The van der Waals surface area contributed by atoms with Crippen LogP contribution in [0.3, 0.4) is 0 Å². The fourth-order valence-corrected chi connectivity index (χ4v) is 3.55. The number of rotatable bonds is 6. The Kier molecular flexibility index (Phi) is 6.03. The number of aromatic nitrogens is 1. The third-order valence-corrected chi connectivity index (χ3v) is 4.74. The standard InChI is InChI=1S/C18H30N2/c1-4-10-20-18(17-12-14(3)9-11-19-17)16-8-6-7-15(5-2)13-16/h9,11-12,15-16,18,20H,4-8,10,13H2,1-3H3. The van der Waals surface area contributed by atoms with Crippen molar-refractivity contribution < 1.29 is 0 Å². The van der Waals surface area contributed by atoms with Gasteiger partial charge >= 0.3 is 0 Å². The van der Waals surface area contributed by atoms with E-state index in [1.54, 1.807) is 0 Å². The van der Waals surface area contributed by atoms with E-state index < -0.39 is 0 Å². The molecule has 1 aliphatic carbocycles. The van der Waals surface area contributed by atoms with Crippen molar-refractivity contribution in [2.75, 3.05) is 6.54 Å². The summed E-state index contributed by atoms with van der Waals surface area (Å²) >= 11 is 0. The maximum Gasteiger partial charge on any atom is 0.0578 e. The lowest BCUT2D eigenvalue weighted by Gasteiger charge is -2.34. The second kappa shape index (κ2) is 7.78. The molecule has 0 aromatic carbocycles. The average Bonchev–Trinajstić information content (AvgIpc) is 2.48. The van der Waals surface area contributed by atoms with Gasteiger partial charge < -0.3 is 5.32 Å². The molecule has 1 heterocycles. The molecule has 0 radical (unpaired) electrons. The summed E-state index contributed by atoms with van der Waals surface area (Å²) in [5.74, 6) is 1.68. The number of nitrogens with one attached hydrogen (secondary N) is 1. The van der Waals surface area contributed by atoms with Crippen molar-refractivity contribution in [3.05, 3.63) is 29.6 Å². The topological polar surface area (TPSA) is 24.9 Å². The largest absolute Gasteiger partial charge is 0.308 e. The quantitative estimate of drug-likeness (QED) is 0.817. The average molecular weight is 274 g/mol. The van der Waals surface area contributed by atoms with Gasteiger partial charge in [0.05, 0.1) is 11.7 Å². The Morgan fingerprint density at radius 3 is 2.90 bits per heavy atom. The molecule has 112 valence electrons. The molecule has 1 aromatic heterocycles. The van der Waals surface area contributed by atoms with E-state index in [1.807, 2.05) is 6.20 Å². The summed E-state index contributed by atoms with van der Waals surface area (Å²) in [5.41, 5.74) is 2.57. The molecule has 1 N–H and O–H groups in total. The Bertz CT molecular complexity index is 402. The minimum atomic E-state index is 0.448. The van der Waals surface area contributed by atoms with E-state index in [9.17, 15) is 0 Å². The first kappa shape index (κ1) is 15.5.